The quantitative estimate of drug-likeness (QED) is 0.922. The van der Waals surface area contributed by atoms with Gasteiger partial charge in [-0.05, 0) is 41.8 Å². The summed E-state index contributed by atoms with van der Waals surface area (Å²) >= 11 is 0. The van der Waals surface area contributed by atoms with Crippen LogP contribution in [0.15, 0.2) is 36.5 Å². The van der Waals surface area contributed by atoms with Crippen molar-refractivity contribution in [3.8, 4) is 6.07 Å². The van der Waals surface area contributed by atoms with Gasteiger partial charge in [-0.1, -0.05) is 6.07 Å². The van der Waals surface area contributed by atoms with E-state index in [-0.39, 0.29) is 17.8 Å². The second kappa shape index (κ2) is 6.67. The summed E-state index contributed by atoms with van der Waals surface area (Å²) in [4.78, 5) is 17.7. The Balaban J connectivity index is 1.97. The second-order valence-electron chi connectivity index (χ2n) is 5.78. The van der Waals surface area contributed by atoms with Gasteiger partial charge < -0.3 is 10.2 Å². The maximum absolute atomic E-state index is 13.6. The Hall–Kier alpha value is -2.94. The average Bonchev–Trinajstić information content (AvgIpc) is 2.75. The van der Waals surface area contributed by atoms with Crippen LogP contribution in [0.3, 0.4) is 0 Å². The van der Waals surface area contributed by atoms with Crippen molar-refractivity contribution in [1.82, 2.24) is 9.88 Å². The number of aromatic nitrogens is 1. The molecule has 2 heterocycles. The first kappa shape index (κ1) is 15.9. The molecule has 122 valence electrons. The highest BCUT2D eigenvalue weighted by atomic mass is 19.1. The van der Waals surface area contributed by atoms with Crippen LogP contribution in [0.4, 0.5) is 10.2 Å². The molecule has 0 spiro atoms. The lowest BCUT2D eigenvalue weighted by Crippen LogP contribution is -2.28. The summed E-state index contributed by atoms with van der Waals surface area (Å²) in [6.07, 6.45) is 2.27. The Kier molecular flexibility index (Phi) is 4.43. The Bertz CT molecular complexity index is 815. The van der Waals surface area contributed by atoms with Gasteiger partial charge in [0.05, 0.1) is 11.6 Å². The standard InChI is InChI=1S/C18H17FN4O/c1-12(24)23-8-6-17(16-5-4-15(19)9-14(16)11-23)22-18-13(10-20)3-2-7-21-18/h2-5,7,9,17H,6,8,11H2,1H3,(H,21,22). The van der Waals surface area contributed by atoms with Crippen LogP contribution in [-0.4, -0.2) is 22.3 Å². The molecule has 0 aliphatic carbocycles. The van der Waals surface area contributed by atoms with Crippen LogP contribution in [0, 0.1) is 17.1 Å². The van der Waals surface area contributed by atoms with E-state index in [1.807, 2.05) is 0 Å². The molecule has 1 N–H and O–H groups in total. The van der Waals surface area contributed by atoms with E-state index in [0.29, 0.717) is 30.9 Å². The molecule has 1 unspecified atom stereocenters. The van der Waals surface area contributed by atoms with Crippen molar-refractivity contribution in [2.45, 2.75) is 25.9 Å². The number of benzene rings is 1. The van der Waals surface area contributed by atoms with Gasteiger partial charge in [-0.2, -0.15) is 5.26 Å². The van der Waals surface area contributed by atoms with Crippen LogP contribution < -0.4 is 5.32 Å². The highest BCUT2D eigenvalue weighted by Crippen LogP contribution is 2.30. The van der Waals surface area contributed by atoms with Gasteiger partial charge in [0.25, 0.3) is 0 Å². The molecule has 0 saturated carbocycles. The third-order valence-electron chi connectivity index (χ3n) is 4.21. The van der Waals surface area contributed by atoms with Gasteiger partial charge in [-0.25, -0.2) is 9.37 Å². The Labute approximate surface area is 139 Å². The number of hydrogen-bond donors (Lipinski definition) is 1. The van der Waals surface area contributed by atoms with Gasteiger partial charge in [0, 0.05) is 26.2 Å². The lowest BCUT2D eigenvalue weighted by atomic mass is 9.99. The van der Waals surface area contributed by atoms with Crippen molar-refractivity contribution < 1.29 is 9.18 Å². The Morgan fingerprint density at radius 2 is 2.29 bits per heavy atom. The zero-order valence-corrected chi connectivity index (χ0v) is 13.3. The predicted octanol–water partition coefficient (Wildman–Crippen LogP) is 3.00. The van der Waals surface area contributed by atoms with E-state index in [4.69, 9.17) is 0 Å². The number of carbonyl (C=O) groups excluding carboxylic acids is 1. The fraction of sp³-hybridized carbons (Fsp3) is 0.278. The van der Waals surface area contributed by atoms with Crippen molar-refractivity contribution in [3.05, 3.63) is 59.0 Å². The molecule has 0 radical (unpaired) electrons. The topological polar surface area (TPSA) is 69.0 Å². The number of anilines is 1. The number of pyridine rings is 1. The number of fused-ring (bicyclic) bond motifs is 1. The monoisotopic (exact) mass is 324 g/mol. The molecule has 5 nitrogen and oxygen atoms in total. The number of amides is 1. The van der Waals surface area contributed by atoms with Crippen LogP contribution in [0.5, 0.6) is 0 Å². The lowest BCUT2D eigenvalue weighted by Gasteiger charge is -2.20. The molecule has 0 bridgehead atoms. The van der Waals surface area contributed by atoms with Crippen LogP contribution in [-0.2, 0) is 11.3 Å². The number of halogens is 1. The third-order valence-corrected chi connectivity index (χ3v) is 4.21. The fourth-order valence-electron chi connectivity index (χ4n) is 2.97. The molecule has 1 amide bonds. The summed E-state index contributed by atoms with van der Waals surface area (Å²) in [6.45, 7) is 2.45. The van der Waals surface area contributed by atoms with E-state index in [9.17, 15) is 14.4 Å². The van der Waals surface area contributed by atoms with Crippen molar-refractivity contribution in [3.63, 3.8) is 0 Å². The predicted molar refractivity (Wildman–Crippen MR) is 87.4 cm³/mol. The summed E-state index contributed by atoms with van der Waals surface area (Å²) in [7, 11) is 0. The minimum atomic E-state index is -0.326. The van der Waals surface area contributed by atoms with Gasteiger partial charge in [-0.3, -0.25) is 4.79 Å². The smallest absolute Gasteiger partial charge is 0.219 e. The van der Waals surface area contributed by atoms with E-state index in [1.54, 1.807) is 29.3 Å². The third kappa shape index (κ3) is 3.20. The second-order valence-corrected chi connectivity index (χ2v) is 5.78. The summed E-state index contributed by atoms with van der Waals surface area (Å²) in [5, 5.41) is 12.5. The zero-order valence-electron chi connectivity index (χ0n) is 13.3. The van der Waals surface area contributed by atoms with Crippen LogP contribution in [0.1, 0.15) is 36.1 Å². The van der Waals surface area contributed by atoms with E-state index in [0.717, 1.165) is 11.1 Å². The van der Waals surface area contributed by atoms with Crippen molar-refractivity contribution in [1.29, 1.82) is 5.26 Å². The maximum atomic E-state index is 13.6. The molecular formula is C18H17FN4O. The number of hydrogen-bond acceptors (Lipinski definition) is 4. The molecule has 1 aromatic heterocycles. The van der Waals surface area contributed by atoms with Gasteiger partial charge in [0.2, 0.25) is 5.91 Å². The van der Waals surface area contributed by atoms with Crippen molar-refractivity contribution >= 4 is 11.7 Å². The average molecular weight is 324 g/mol. The number of nitrogens with one attached hydrogen (secondary N) is 1. The number of nitrogens with zero attached hydrogens (tertiary/aromatic N) is 3. The molecule has 6 heteroatoms. The minimum Gasteiger partial charge on any atom is -0.362 e. The molecule has 1 aromatic carbocycles. The molecule has 0 saturated heterocycles. The summed E-state index contributed by atoms with van der Waals surface area (Å²) < 4.78 is 13.6. The largest absolute Gasteiger partial charge is 0.362 e. The van der Waals surface area contributed by atoms with E-state index < -0.39 is 0 Å². The maximum Gasteiger partial charge on any atom is 0.219 e. The molecule has 1 aliphatic rings. The molecule has 0 fully saturated rings. The minimum absolute atomic E-state index is 0.0404. The first-order valence-electron chi connectivity index (χ1n) is 7.74. The zero-order chi connectivity index (χ0) is 17.1. The molecule has 24 heavy (non-hydrogen) atoms. The first-order chi connectivity index (χ1) is 11.6. The highest BCUT2D eigenvalue weighted by Gasteiger charge is 2.24. The van der Waals surface area contributed by atoms with Crippen molar-refractivity contribution in [2.75, 3.05) is 11.9 Å². The van der Waals surface area contributed by atoms with Crippen LogP contribution in [0.2, 0.25) is 0 Å². The molecule has 1 atom stereocenters. The van der Waals surface area contributed by atoms with Crippen molar-refractivity contribution in [2.24, 2.45) is 0 Å². The van der Waals surface area contributed by atoms with Gasteiger partial charge in [0.1, 0.15) is 17.7 Å². The molecule has 1 aliphatic heterocycles. The lowest BCUT2D eigenvalue weighted by molar-refractivity contribution is -0.129. The van der Waals surface area contributed by atoms with Crippen LogP contribution >= 0.6 is 0 Å². The normalized spacial score (nSPS) is 16.7. The Morgan fingerprint density at radius 1 is 1.46 bits per heavy atom. The summed E-state index contributed by atoms with van der Waals surface area (Å²) in [5.74, 6) is 0.131. The fourth-order valence-corrected chi connectivity index (χ4v) is 2.97. The van der Waals surface area contributed by atoms with E-state index in [1.165, 1.54) is 19.1 Å². The van der Waals surface area contributed by atoms with Gasteiger partial charge in [-0.15, -0.1) is 0 Å². The van der Waals surface area contributed by atoms with Crippen LogP contribution in [0.25, 0.3) is 0 Å². The van der Waals surface area contributed by atoms with Gasteiger partial charge >= 0.3 is 0 Å². The van der Waals surface area contributed by atoms with E-state index in [2.05, 4.69) is 16.4 Å². The summed E-state index contributed by atoms with van der Waals surface area (Å²) in [6, 6.07) is 9.99. The molecular weight excluding hydrogens is 307 g/mol. The number of nitriles is 1. The SMILES string of the molecule is CC(=O)N1CCC(Nc2ncccc2C#N)c2ccc(F)cc2C1. The number of carbonyl (C=O) groups is 1. The molecule has 3 rings (SSSR count). The number of rotatable bonds is 2. The van der Waals surface area contributed by atoms with Gasteiger partial charge in [0.15, 0.2) is 0 Å². The Morgan fingerprint density at radius 3 is 3.04 bits per heavy atom. The first-order valence-corrected chi connectivity index (χ1v) is 7.74. The summed E-state index contributed by atoms with van der Waals surface area (Å²) in [5.41, 5.74) is 2.15. The molecule has 2 aromatic rings. The highest BCUT2D eigenvalue weighted by molar-refractivity contribution is 5.73. The van der Waals surface area contributed by atoms with E-state index >= 15 is 0 Å².